The summed E-state index contributed by atoms with van der Waals surface area (Å²) < 4.78 is 0. The van der Waals surface area contributed by atoms with E-state index in [1.807, 2.05) is 0 Å². The molecule has 2 heterocycles. The number of rotatable bonds is 7. The molecule has 9 heteroatoms. The average Bonchev–Trinajstić information content (AvgIpc) is 3.55. The molecule has 172 valence electrons. The number of H-pyrrole nitrogens is 1. The molecule has 6 rings (SSSR count). The molecule has 2 aromatic heterocycles. The zero-order valence-corrected chi connectivity index (χ0v) is 18.4. The third kappa shape index (κ3) is 4.19. The van der Waals surface area contributed by atoms with Gasteiger partial charge in [-0.15, -0.1) is 0 Å². The molecule has 3 saturated carbocycles. The van der Waals surface area contributed by atoms with Gasteiger partial charge in [-0.05, 0) is 73.7 Å². The monoisotopic (exact) mass is 456 g/mol. The number of hydrogen-bond acceptors (Lipinski definition) is 5. The van der Waals surface area contributed by atoms with Gasteiger partial charge in [0.25, 0.3) is 11.8 Å². The Labute approximate surface area is 196 Å². The highest BCUT2D eigenvalue weighted by atomic mass is 16.2. The lowest BCUT2D eigenvalue weighted by atomic mass is 9.76. The molecule has 9 nitrogen and oxygen atoms in total. The van der Waals surface area contributed by atoms with Crippen molar-refractivity contribution >= 4 is 23.4 Å². The second kappa shape index (κ2) is 8.58. The van der Waals surface area contributed by atoms with Crippen LogP contribution in [0, 0.1) is 5.92 Å². The number of aromatic amines is 1. The summed E-state index contributed by atoms with van der Waals surface area (Å²) in [7, 11) is 0. The van der Waals surface area contributed by atoms with Gasteiger partial charge in [0, 0.05) is 29.0 Å². The summed E-state index contributed by atoms with van der Waals surface area (Å²) in [6.45, 7) is 3.49. The van der Waals surface area contributed by atoms with E-state index in [-0.39, 0.29) is 35.0 Å². The molecule has 4 N–H and O–H groups in total. The largest absolute Gasteiger partial charge is 0.349 e. The van der Waals surface area contributed by atoms with Crippen molar-refractivity contribution in [3.8, 4) is 11.4 Å². The van der Waals surface area contributed by atoms with Crippen LogP contribution in [-0.4, -0.2) is 44.5 Å². The molecule has 0 aliphatic heterocycles. The van der Waals surface area contributed by atoms with Crippen molar-refractivity contribution in [3.05, 3.63) is 78.6 Å². The van der Waals surface area contributed by atoms with E-state index in [4.69, 9.17) is 0 Å². The van der Waals surface area contributed by atoms with E-state index in [1.165, 1.54) is 6.08 Å². The van der Waals surface area contributed by atoms with Crippen LogP contribution in [0.1, 0.15) is 40.1 Å². The van der Waals surface area contributed by atoms with Crippen LogP contribution >= 0.6 is 0 Å². The maximum Gasteiger partial charge on any atom is 0.274 e. The molecular formula is C25H24N6O3. The van der Waals surface area contributed by atoms with Crippen molar-refractivity contribution in [2.24, 2.45) is 5.92 Å². The molecular weight excluding hydrogens is 432 g/mol. The number of fused-ring (bicyclic) bond motifs is 1. The number of nitrogens with one attached hydrogen (secondary N) is 4. The van der Waals surface area contributed by atoms with Gasteiger partial charge in [-0.3, -0.25) is 19.5 Å². The Morgan fingerprint density at radius 1 is 1.03 bits per heavy atom. The van der Waals surface area contributed by atoms with Gasteiger partial charge in [-0.25, -0.2) is 4.98 Å². The first-order valence-electron chi connectivity index (χ1n) is 11.1. The maximum atomic E-state index is 12.8. The van der Waals surface area contributed by atoms with Gasteiger partial charge in [0.05, 0.1) is 11.4 Å². The number of anilines is 1. The van der Waals surface area contributed by atoms with Crippen molar-refractivity contribution in [2.45, 2.75) is 30.8 Å². The fraction of sp³-hybridized carbons (Fsp3) is 0.240. The predicted octanol–water partition coefficient (Wildman–Crippen LogP) is 2.68. The van der Waals surface area contributed by atoms with Gasteiger partial charge in [-0.2, -0.15) is 5.10 Å². The minimum atomic E-state index is -0.350. The topological polar surface area (TPSA) is 129 Å². The zero-order valence-electron chi connectivity index (χ0n) is 18.4. The van der Waals surface area contributed by atoms with Crippen LogP contribution in [0.2, 0.25) is 0 Å². The van der Waals surface area contributed by atoms with E-state index in [1.54, 1.807) is 54.7 Å². The van der Waals surface area contributed by atoms with Gasteiger partial charge < -0.3 is 16.0 Å². The smallest absolute Gasteiger partial charge is 0.274 e. The van der Waals surface area contributed by atoms with Gasteiger partial charge in [0.1, 0.15) is 5.69 Å². The van der Waals surface area contributed by atoms with Crippen LogP contribution in [0.4, 0.5) is 5.69 Å². The Morgan fingerprint density at radius 2 is 1.82 bits per heavy atom. The van der Waals surface area contributed by atoms with Crippen LogP contribution in [0.5, 0.6) is 0 Å². The lowest BCUT2D eigenvalue weighted by Gasteiger charge is -2.39. The lowest BCUT2D eigenvalue weighted by molar-refractivity contribution is -0.117. The number of carbonyl (C=O) groups is 3. The second-order valence-electron chi connectivity index (χ2n) is 8.84. The maximum absolute atomic E-state index is 12.8. The Balaban J connectivity index is 1.19. The Morgan fingerprint density at radius 3 is 2.53 bits per heavy atom. The summed E-state index contributed by atoms with van der Waals surface area (Å²) in [6.07, 6.45) is 5.34. The molecule has 3 aromatic rings. The highest BCUT2D eigenvalue weighted by Crippen LogP contribution is 2.52. The lowest BCUT2D eigenvalue weighted by Crippen LogP contribution is -2.51. The van der Waals surface area contributed by atoms with E-state index in [0.29, 0.717) is 22.9 Å². The van der Waals surface area contributed by atoms with Gasteiger partial charge in [0.15, 0.2) is 0 Å². The Hall–Kier alpha value is -4.27. The fourth-order valence-corrected chi connectivity index (χ4v) is 4.87. The molecule has 3 fully saturated rings. The highest BCUT2D eigenvalue weighted by Gasteiger charge is 2.57. The Bertz CT molecular complexity index is 1250. The predicted molar refractivity (Wildman–Crippen MR) is 126 cm³/mol. The summed E-state index contributed by atoms with van der Waals surface area (Å²) in [5.74, 6) is -0.306. The third-order valence-electron chi connectivity index (χ3n) is 6.54. The molecule has 0 saturated heterocycles. The molecule has 0 radical (unpaired) electrons. The summed E-state index contributed by atoms with van der Waals surface area (Å²) in [5.41, 5.74) is 2.41. The highest BCUT2D eigenvalue weighted by molar-refractivity contribution is 6.03. The van der Waals surface area contributed by atoms with Gasteiger partial charge >= 0.3 is 0 Å². The first kappa shape index (κ1) is 21.6. The molecule has 3 aliphatic rings. The molecule has 1 aromatic carbocycles. The van der Waals surface area contributed by atoms with Crippen molar-refractivity contribution in [1.82, 2.24) is 25.8 Å². The molecule has 1 atom stereocenters. The first-order valence-corrected chi connectivity index (χ1v) is 11.1. The van der Waals surface area contributed by atoms with Crippen LogP contribution in [0.25, 0.3) is 11.4 Å². The number of pyridine rings is 1. The molecule has 3 amide bonds. The van der Waals surface area contributed by atoms with E-state index >= 15 is 0 Å². The molecule has 1 unspecified atom stereocenters. The van der Waals surface area contributed by atoms with Crippen LogP contribution in [-0.2, 0) is 4.79 Å². The van der Waals surface area contributed by atoms with Crippen molar-refractivity contribution in [2.75, 3.05) is 5.32 Å². The molecule has 2 bridgehead atoms. The van der Waals surface area contributed by atoms with Crippen molar-refractivity contribution in [3.63, 3.8) is 0 Å². The molecule has 0 spiro atoms. The summed E-state index contributed by atoms with van der Waals surface area (Å²) in [6, 6.07) is 13.8. The van der Waals surface area contributed by atoms with Crippen LogP contribution in [0.15, 0.2) is 67.4 Å². The normalized spacial score (nSPS) is 22.4. The minimum absolute atomic E-state index is 0.0729. The zero-order chi connectivity index (χ0) is 23.7. The third-order valence-corrected chi connectivity index (χ3v) is 6.54. The number of nitrogens with zero attached hydrogens (tertiary/aromatic N) is 2. The van der Waals surface area contributed by atoms with Crippen molar-refractivity contribution in [1.29, 1.82) is 0 Å². The fourth-order valence-electron chi connectivity index (χ4n) is 4.87. The number of hydrogen-bond donors (Lipinski definition) is 4. The molecule has 3 aliphatic carbocycles. The second-order valence-corrected chi connectivity index (χ2v) is 8.84. The minimum Gasteiger partial charge on any atom is -0.349 e. The van der Waals surface area contributed by atoms with E-state index in [2.05, 4.69) is 37.7 Å². The summed E-state index contributed by atoms with van der Waals surface area (Å²) >= 11 is 0. The Kier molecular flexibility index (Phi) is 5.45. The van der Waals surface area contributed by atoms with E-state index in [0.717, 1.165) is 25.0 Å². The van der Waals surface area contributed by atoms with Crippen molar-refractivity contribution < 1.29 is 14.4 Å². The number of benzene rings is 1. The summed E-state index contributed by atoms with van der Waals surface area (Å²) in [4.78, 5) is 41.4. The van der Waals surface area contributed by atoms with E-state index < -0.39 is 0 Å². The quantitative estimate of drug-likeness (QED) is 0.406. The number of carbonyl (C=O) groups excluding carboxylic acids is 3. The van der Waals surface area contributed by atoms with Gasteiger partial charge in [0.2, 0.25) is 5.91 Å². The van der Waals surface area contributed by atoms with Crippen LogP contribution < -0.4 is 16.0 Å². The SMILES string of the molecule is C=CC(=O)NC1CC2(NC(=O)c3ccc(NC(=O)c4cccc(-c5ccn[nH]5)n4)cc3)CC1C2. The van der Waals surface area contributed by atoms with E-state index in [9.17, 15) is 14.4 Å². The standard InChI is InChI=1S/C25H24N6O3/c1-2-22(32)29-21-14-25(12-16(21)13-25)30-23(33)15-6-8-17(9-7-15)27-24(34)20-5-3-4-18(28-20)19-10-11-26-31-19/h2-11,16,21H,1,12-14H2,(H,26,31)(H,27,34)(H,29,32)(H,30,33). The number of aromatic nitrogens is 3. The number of amides is 3. The van der Waals surface area contributed by atoms with Crippen LogP contribution in [0.3, 0.4) is 0 Å². The first-order chi connectivity index (χ1) is 16.4. The average molecular weight is 457 g/mol. The molecule has 34 heavy (non-hydrogen) atoms. The van der Waals surface area contributed by atoms with Gasteiger partial charge in [-0.1, -0.05) is 12.6 Å². The summed E-state index contributed by atoms with van der Waals surface area (Å²) in [5, 5.41) is 15.6.